The van der Waals surface area contributed by atoms with Gasteiger partial charge in [-0.1, -0.05) is 70.9 Å². The van der Waals surface area contributed by atoms with Crippen LogP contribution in [-0.4, -0.2) is 11.1 Å². The van der Waals surface area contributed by atoms with Crippen molar-refractivity contribution in [3.05, 3.63) is 0 Å². The molecule has 0 saturated carbocycles. The minimum atomic E-state index is -4.21. The molecule has 0 saturated heterocycles. The van der Waals surface area contributed by atoms with E-state index in [4.69, 9.17) is 24.3 Å². The molecule has 16 heavy (non-hydrogen) atoms. The van der Waals surface area contributed by atoms with Crippen LogP contribution in [0.4, 0.5) is 0 Å². The van der Waals surface area contributed by atoms with Crippen LogP contribution >= 0.6 is 0 Å². The summed E-state index contributed by atoms with van der Waals surface area (Å²) in [7, 11) is 0. The molecule has 96 valence electrons. The Labute approximate surface area is 120 Å². The molecule has 0 aromatic carbocycles. The van der Waals surface area contributed by atoms with E-state index in [9.17, 15) is 4.79 Å². The van der Waals surface area contributed by atoms with E-state index in [1.807, 2.05) is 6.92 Å². The summed E-state index contributed by atoms with van der Waals surface area (Å²) in [4.78, 5) is 11.1. The molecule has 0 heterocycles. The third-order valence-corrected chi connectivity index (χ3v) is 1.66. The Morgan fingerprint density at radius 2 is 1.50 bits per heavy atom. The molecular formula is C14H28O2. The van der Waals surface area contributed by atoms with Crippen LogP contribution in [0.3, 0.4) is 0 Å². The van der Waals surface area contributed by atoms with Crippen LogP contribution in [0.2, 0.25) is 0 Å². The van der Waals surface area contributed by atoms with E-state index in [-0.39, 0.29) is 6.42 Å². The van der Waals surface area contributed by atoms with Gasteiger partial charge in [-0.3, -0.25) is 4.79 Å². The molecule has 0 spiro atoms. The Balaban J connectivity index is 6.29. The van der Waals surface area contributed by atoms with Crippen LogP contribution in [0.5, 0.6) is 0 Å². The summed E-state index contributed by atoms with van der Waals surface area (Å²) in [6.45, 7) is 1.88. The number of hydrogen-bond acceptors (Lipinski definition) is 1. The van der Waals surface area contributed by atoms with E-state index in [0.717, 1.165) is 6.42 Å². The summed E-state index contributed by atoms with van der Waals surface area (Å²) < 4.78 is 109. The van der Waals surface area contributed by atoms with E-state index in [1.165, 1.54) is 0 Å². The van der Waals surface area contributed by atoms with E-state index in [1.54, 1.807) is 0 Å². The third-order valence-electron chi connectivity index (χ3n) is 1.66. The maximum Gasteiger partial charge on any atom is 0.303 e. The molecule has 0 radical (unpaired) electrons. The lowest BCUT2D eigenvalue weighted by molar-refractivity contribution is -0.137. The van der Waals surface area contributed by atoms with Gasteiger partial charge in [-0.2, -0.15) is 0 Å². The van der Waals surface area contributed by atoms with Gasteiger partial charge >= 0.3 is 5.97 Å². The molecule has 2 nitrogen and oxygen atoms in total. The van der Waals surface area contributed by atoms with Gasteiger partial charge in [-0.05, 0) is 6.37 Å². The molecule has 0 aliphatic heterocycles. The van der Waals surface area contributed by atoms with Gasteiger partial charge in [0, 0.05) is 25.6 Å². The van der Waals surface area contributed by atoms with Gasteiger partial charge in [-0.25, -0.2) is 0 Å². The van der Waals surface area contributed by atoms with Crippen LogP contribution in [0.1, 0.15) is 103 Å². The fourth-order valence-corrected chi connectivity index (χ4v) is 0.925. The van der Waals surface area contributed by atoms with Crippen LogP contribution in [0.25, 0.3) is 0 Å². The number of carboxylic acid groups (broad SMARTS) is 1. The van der Waals surface area contributed by atoms with Gasteiger partial charge < -0.3 is 5.11 Å². The first-order valence-electron chi connectivity index (χ1n) is 12.2. The summed E-state index contributed by atoms with van der Waals surface area (Å²) in [5.74, 6) is -2.46. The second-order valence-corrected chi connectivity index (χ2v) is 3.04. The highest BCUT2D eigenvalue weighted by atomic mass is 16.4. The van der Waals surface area contributed by atoms with Gasteiger partial charge in [-0.15, -0.1) is 0 Å². The van der Waals surface area contributed by atoms with Gasteiger partial charge in [0.05, 0.1) is 0 Å². The maximum atomic E-state index is 11.1. The Hall–Kier alpha value is -0.530. The van der Waals surface area contributed by atoms with Crippen molar-refractivity contribution in [3.8, 4) is 0 Å². The molecule has 0 aliphatic rings. The van der Waals surface area contributed by atoms with Crippen molar-refractivity contribution in [1.29, 1.82) is 0 Å². The number of unbranched alkanes of at least 4 members (excludes halogenated alkanes) is 3. The number of rotatable bonds is 12. The molecule has 0 fully saturated rings. The molecule has 2 heteroatoms. The molecule has 1 N–H and O–H groups in total. The molecule has 0 bridgehead atoms. The van der Waals surface area contributed by atoms with Gasteiger partial charge in [0.15, 0.2) is 0 Å². The number of aliphatic carboxylic acids is 1. The molecular weight excluding hydrogens is 200 g/mol. The van der Waals surface area contributed by atoms with Crippen LogP contribution in [0.15, 0.2) is 0 Å². The topological polar surface area (TPSA) is 37.3 Å². The predicted octanol–water partition coefficient (Wildman–Crippen LogP) is 4.77. The minimum absolute atomic E-state index is 0.148. The Kier molecular flexibility index (Phi) is 3.13. The highest BCUT2D eigenvalue weighted by Crippen LogP contribution is 2.11. The maximum absolute atomic E-state index is 11.1. The summed E-state index contributed by atoms with van der Waals surface area (Å²) in [6, 6.07) is 0. The van der Waals surface area contributed by atoms with Gasteiger partial charge in [0.1, 0.15) is 0 Å². The lowest BCUT2D eigenvalue weighted by Gasteiger charge is -2.01. The summed E-state index contributed by atoms with van der Waals surface area (Å²) >= 11 is 0. The molecule has 0 amide bonds. The molecule has 0 rings (SSSR count). The molecule has 0 unspecified atom stereocenters. The minimum Gasteiger partial charge on any atom is -0.481 e. The van der Waals surface area contributed by atoms with Crippen molar-refractivity contribution in [2.45, 2.75) is 83.6 Å². The van der Waals surface area contributed by atoms with Crippen molar-refractivity contribution < 1.29 is 29.1 Å². The zero-order valence-corrected chi connectivity index (χ0v) is 9.39. The summed E-state index contributed by atoms with van der Waals surface area (Å²) in [6.07, 6.45) is -25.6. The Morgan fingerprint density at radius 1 is 0.938 bits per heavy atom. The second-order valence-electron chi connectivity index (χ2n) is 3.04. The average Bonchev–Trinajstić information content (AvgIpc) is 2.57. The standard InChI is InChI=1S/C14H28O2/c1-2-3-4-5-6-7-8-9-10-11-12-13-14(15)16/h2-13H2,1H3,(H,15,16)/i7D2,8D2,9D2,10D2,11D2,12D2,13D2. The van der Waals surface area contributed by atoms with E-state index < -0.39 is 57.0 Å². The number of carboxylic acids is 1. The zero-order chi connectivity index (χ0) is 24.6. The molecule has 0 aromatic heterocycles. The molecule has 0 aromatic rings. The second kappa shape index (κ2) is 12.5. The molecule has 0 aliphatic carbocycles. The van der Waals surface area contributed by atoms with Crippen molar-refractivity contribution >= 4 is 5.97 Å². The van der Waals surface area contributed by atoms with Crippen LogP contribution in [-0.2, 0) is 4.79 Å². The molecule has 0 atom stereocenters. The zero-order valence-electron chi connectivity index (χ0n) is 23.4. The highest BCUT2D eigenvalue weighted by Gasteiger charge is 1.96. The van der Waals surface area contributed by atoms with Crippen molar-refractivity contribution in [3.63, 3.8) is 0 Å². The monoisotopic (exact) mass is 242 g/mol. The fraction of sp³-hybridized carbons (Fsp3) is 0.929. The van der Waals surface area contributed by atoms with E-state index >= 15 is 0 Å². The van der Waals surface area contributed by atoms with Crippen molar-refractivity contribution in [2.75, 3.05) is 0 Å². The highest BCUT2D eigenvalue weighted by molar-refractivity contribution is 5.66. The first-order chi connectivity index (χ1) is 13.0. The lowest BCUT2D eigenvalue weighted by atomic mass is 10.1. The third kappa shape index (κ3) is 13.5. The summed E-state index contributed by atoms with van der Waals surface area (Å²) in [5, 5.41) is 8.91. The first-order valence-corrected chi connectivity index (χ1v) is 5.24. The fourth-order valence-electron chi connectivity index (χ4n) is 0.925. The quantitative estimate of drug-likeness (QED) is 0.500. The number of carbonyl (C=O) groups is 1. The van der Waals surface area contributed by atoms with Crippen LogP contribution < -0.4 is 0 Å². The smallest absolute Gasteiger partial charge is 0.303 e. The van der Waals surface area contributed by atoms with Crippen LogP contribution in [0, 0.1) is 0 Å². The van der Waals surface area contributed by atoms with Gasteiger partial charge in [0.2, 0.25) is 0 Å². The summed E-state index contributed by atoms with van der Waals surface area (Å²) in [5.41, 5.74) is 0. The predicted molar refractivity (Wildman–Crippen MR) is 68.7 cm³/mol. The Morgan fingerprint density at radius 3 is 2.12 bits per heavy atom. The largest absolute Gasteiger partial charge is 0.481 e. The Bertz CT molecular complexity index is 614. The van der Waals surface area contributed by atoms with E-state index in [0.29, 0.717) is 12.8 Å². The van der Waals surface area contributed by atoms with Crippen molar-refractivity contribution in [2.24, 2.45) is 0 Å². The SMILES string of the molecule is [2H]C([2H])(CCCCCC)C([2H])([2H])C([2H])([2H])C([2H])([2H])C([2H])([2H])C([2H])([2H])C([2H])([2H])C(=O)O. The normalized spacial score (nSPS) is 29.8. The average molecular weight is 242 g/mol. The van der Waals surface area contributed by atoms with Crippen molar-refractivity contribution in [1.82, 2.24) is 0 Å². The number of hydrogen-bond donors (Lipinski definition) is 1. The van der Waals surface area contributed by atoms with Gasteiger partial charge in [0.25, 0.3) is 0 Å². The first kappa shape index (κ1) is 4.00. The lowest BCUT2D eigenvalue weighted by Crippen LogP contribution is -1.93. The van der Waals surface area contributed by atoms with E-state index in [2.05, 4.69) is 0 Å².